The lowest BCUT2D eigenvalue weighted by atomic mass is 10.0. The van der Waals surface area contributed by atoms with E-state index >= 15 is 0 Å². The Morgan fingerprint density at radius 3 is 2.15 bits per heavy atom. The monoisotopic (exact) mass is 384 g/mol. The number of hydrogen-bond acceptors (Lipinski definition) is 5. The second kappa shape index (κ2) is 8.91. The zero-order chi connectivity index (χ0) is 21.0. The first-order valence-corrected chi connectivity index (χ1v) is 9.58. The maximum absolute atomic E-state index is 12.8. The normalized spacial score (nSPS) is 19.5. The summed E-state index contributed by atoms with van der Waals surface area (Å²) in [4.78, 5) is 37.3. The Bertz CT molecular complexity index is 549. The van der Waals surface area contributed by atoms with E-state index in [0.717, 1.165) is 6.42 Å². The largest absolute Gasteiger partial charge is 0.443 e. The zero-order valence-electron chi connectivity index (χ0n) is 17.9. The van der Waals surface area contributed by atoms with Gasteiger partial charge >= 0.3 is 6.09 Å². The maximum atomic E-state index is 12.8. The third kappa shape index (κ3) is 8.15. The van der Waals surface area contributed by atoms with E-state index in [1.807, 2.05) is 34.6 Å². The number of nitrogens with one attached hydrogen (secondary N) is 3. The van der Waals surface area contributed by atoms with E-state index in [-0.39, 0.29) is 23.3 Å². The molecule has 156 valence electrons. The number of amides is 3. The van der Waals surface area contributed by atoms with Crippen LogP contribution in [0, 0.1) is 5.92 Å². The van der Waals surface area contributed by atoms with Crippen molar-refractivity contribution in [3.8, 4) is 0 Å². The molecule has 0 spiro atoms. The molecule has 0 bridgehead atoms. The number of hydrogen-bond donors (Lipinski definition) is 3. The van der Waals surface area contributed by atoms with E-state index < -0.39 is 23.8 Å². The summed E-state index contributed by atoms with van der Waals surface area (Å²) in [6, 6.07) is -1.16. The van der Waals surface area contributed by atoms with Crippen LogP contribution in [0.25, 0.3) is 0 Å². The highest BCUT2D eigenvalue weighted by atomic mass is 16.6. The molecule has 1 heterocycles. The quantitative estimate of drug-likeness (QED) is 0.673. The van der Waals surface area contributed by atoms with E-state index in [1.54, 1.807) is 25.8 Å². The third-order valence-electron chi connectivity index (χ3n) is 3.93. The molecular formula is C19H36N4O4. The Labute approximate surface area is 162 Å². The maximum Gasteiger partial charge on any atom is 0.422 e. The van der Waals surface area contributed by atoms with Crippen LogP contribution in [0.4, 0.5) is 4.79 Å². The molecule has 3 amide bonds. The van der Waals surface area contributed by atoms with Crippen LogP contribution in [0.2, 0.25) is 0 Å². The Morgan fingerprint density at radius 2 is 1.67 bits per heavy atom. The van der Waals surface area contributed by atoms with E-state index in [4.69, 9.17) is 4.74 Å². The van der Waals surface area contributed by atoms with Crippen LogP contribution in [0.5, 0.6) is 0 Å². The lowest BCUT2D eigenvalue weighted by Crippen LogP contribution is -2.58. The van der Waals surface area contributed by atoms with Crippen LogP contribution in [-0.2, 0) is 14.3 Å². The highest BCUT2D eigenvalue weighted by molar-refractivity contribution is 5.90. The topological polar surface area (TPSA) is 99.8 Å². The number of nitrogens with zero attached hydrogens (tertiary/aromatic N) is 1. The summed E-state index contributed by atoms with van der Waals surface area (Å²) in [5, 5.41) is 7.34. The van der Waals surface area contributed by atoms with Crippen molar-refractivity contribution in [2.24, 2.45) is 5.92 Å². The van der Waals surface area contributed by atoms with Gasteiger partial charge in [0.25, 0.3) is 0 Å². The molecule has 8 nitrogen and oxygen atoms in total. The summed E-state index contributed by atoms with van der Waals surface area (Å²) in [7, 11) is 0. The predicted molar refractivity (Wildman–Crippen MR) is 104 cm³/mol. The molecule has 1 rings (SSSR count). The van der Waals surface area contributed by atoms with Crippen LogP contribution in [0.3, 0.4) is 0 Å². The molecule has 8 heteroatoms. The Morgan fingerprint density at radius 1 is 1.07 bits per heavy atom. The minimum Gasteiger partial charge on any atom is -0.443 e. The van der Waals surface area contributed by atoms with Crippen LogP contribution in [0.1, 0.15) is 68.2 Å². The van der Waals surface area contributed by atoms with Gasteiger partial charge in [-0.2, -0.15) is 0 Å². The molecule has 0 radical (unpaired) electrons. The highest BCUT2D eigenvalue weighted by Gasteiger charge is 2.36. The second-order valence-corrected chi connectivity index (χ2v) is 9.43. The molecule has 27 heavy (non-hydrogen) atoms. The van der Waals surface area contributed by atoms with Gasteiger partial charge in [-0.3, -0.25) is 15.0 Å². The average molecular weight is 385 g/mol. The summed E-state index contributed by atoms with van der Waals surface area (Å²) in [6.45, 7) is 15.4. The van der Waals surface area contributed by atoms with Crippen LogP contribution < -0.4 is 16.1 Å². The number of carbonyl (C=O) groups is 3. The lowest BCUT2D eigenvalue weighted by molar-refractivity contribution is -0.133. The van der Waals surface area contributed by atoms with Crippen LogP contribution in [0.15, 0.2) is 0 Å². The highest BCUT2D eigenvalue weighted by Crippen LogP contribution is 2.17. The molecule has 1 aliphatic rings. The molecule has 0 saturated carbocycles. The summed E-state index contributed by atoms with van der Waals surface area (Å²) < 4.78 is 5.25. The average Bonchev–Trinajstić information content (AvgIpc) is 2.87. The molecule has 1 aliphatic heterocycles. The zero-order valence-corrected chi connectivity index (χ0v) is 17.9. The van der Waals surface area contributed by atoms with Gasteiger partial charge in [-0.1, -0.05) is 13.8 Å². The first-order chi connectivity index (χ1) is 12.2. The van der Waals surface area contributed by atoms with E-state index in [9.17, 15) is 14.4 Å². The summed E-state index contributed by atoms with van der Waals surface area (Å²) in [5.41, 5.74) is 1.65. The molecule has 0 aliphatic carbocycles. The van der Waals surface area contributed by atoms with Gasteiger partial charge in [0.05, 0.1) is 0 Å². The first kappa shape index (κ1) is 23.2. The predicted octanol–water partition coefficient (Wildman–Crippen LogP) is 1.95. The molecular weight excluding hydrogens is 348 g/mol. The van der Waals surface area contributed by atoms with Gasteiger partial charge in [-0.15, -0.1) is 0 Å². The van der Waals surface area contributed by atoms with Gasteiger partial charge < -0.3 is 15.4 Å². The molecule has 0 aromatic carbocycles. The number of hydrazine groups is 1. The van der Waals surface area contributed by atoms with E-state index in [0.29, 0.717) is 13.0 Å². The first-order valence-electron chi connectivity index (χ1n) is 9.58. The molecule has 0 aromatic rings. The smallest absolute Gasteiger partial charge is 0.422 e. The second-order valence-electron chi connectivity index (χ2n) is 9.43. The fraction of sp³-hybridized carbons (Fsp3) is 0.842. The van der Waals surface area contributed by atoms with Crippen molar-refractivity contribution in [3.63, 3.8) is 0 Å². The Kier molecular flexibility index (Phi) is 7.66. The van der Waals surface area contributed by atoms with Gasteiger partial charge in [0.2, 0.25) is 11.8 Å². The molecule has 3 N–H and O–H groups in total. The van der Waals surface area contributed by atoms with Crippen LogP contribution in [-0.4, -0.2) is 52.7 Å². The number of ether oxygens (including phenoxy) is 1. The number of rotatable bonds is 5. The van der Waals surface area contributed by atoms with Gasteiger partial charge in [-0.25, -0.2) is 9.80 Å². The van der Waals surface area contributed by atoms with Crippen molar-refractivity contribution < 1.29 is 19.1 Å². The molecule has 1 fully saturated rings. The lowest BCUT2D eigenvalue weighted by Gasteiger charge is -2.30. The van der Waals surface area contributed by atoms with Crippen molar-refractivity contribution in [1.82, 2.24) is 21.1 Å². The standard InChI is InChI=1S/C19H36N4O4/c1-12(2)14(16(25)21-18(3,4)5)20-15(24)13-10-9-11-23(13)22-17(26)27-19(6,7)8/h12-14H,9-11H2,1-8H3,(H,20,24)(H,21,25)(H,22,26)/t13-,14-/m0/s1. The van der Waals surface area contributed by atoms with Gasteiger partial charge in [0.1, 0.15) is 17.7 Å². The summed E-state index contributed by atoms with van der Waals surface area (Å²) >= 11 is 0. The fourth-order valence-electron chi connectivity index (χ4n) is 2.82. The van der Waals surface area contributed by atoms with Gasteiger partial charge in [0.15, 0.2) is 0 Å². The van der Waals surface area contributed by atoms with Crippen LogP contribution >= 0.6 is 0 Å². The third-order valence-corrected chi connectivity index (χ3v) is 3.93. The van der Waals surface area contributed by atoms with Crippen molar-refractivity contribution in [2.45, 2.75) is 91.5 Å². The van der Waals surface area contributed by atoms with Crippen molar-refractivity contribution in [1.29, 1.82) is 0 Å². The minimum absolute atomic E-state index is 0.0648. The molecule has 0 aromatic heterocycles. The number of carbonyl (C=O) groups excluding carboxylic acids is 3. The van der Waals surface area contributed by atoms with Crippen molar-refractivity contribution in [3.05, 3.63) is 0 Å². The van der Waals surface area contributed by atoms with E-state index in [1.165, 1.54) is 0 Å². The molecule has 1 saturated heterocycles. The fourth-order valence-corrected chi connectivity index (χ4v) is 2.82. The minimum atomic E-state index is -0.638. The van der Waals surface area contributed by atoms with Gasteiger partial charge in [0, 0.05) is 12.1 Å². The van der Waals surface area contributed by atoms with Crippen molar-refractivity contribution >= 4 is 17.9 Å². The molecule has 0 unspecified atom stereocenters. The van der Waals surface area contributed by atoms with Crippen molar-refractivity contribution in [2.75, 3.05) is 6.54 Å². The Hall–Kier alpha value is -1.83. The SMILES string of the molecule is CC(C)[C@H](NC(=O)[C@@H]1CCCN1NC(=O)OC(C)(C)C)C(=O)NC(C)(C)C. The van der Waals surface area contributed by atoms with E-state index in [2.05, 4.69) is 16.1 Å². The summed E-state index contributed by atoms with van der Waals surface area (Å²) in [5.74, 6) is -0.549. The Balaban J connectivity index is 2.74. The van der Waals surface area contributed by atoms with Gasteiger partial charge in [-0.05, 0) is 60.3 Å². The molecule has 2 atom stereocenters. The summed E-state index contributed by atoms with van der Waals surface area (Å²) in [6.07, 6.45) is 0.787.